The minimum Gasteiger partial charge on any atom is -0.369 e. The molecule has 0 amide bonds. The summed E-state index contributed by atoms with van der Waals surface area (Å²) in [6.45, 7) is 0. The summed E-state index contributed by atoms with van der Waals surface area (Å²) >= 11 is 6.56. The van der Waals surface area contributed by atoms with E-state index in [1.54, 1.807) is 6.07 Å². The Bertz CT molecular complexity index is 564. The second-order valence-corrected chi connectivity index (χ2v) is 4.50. The highest BCUT2D eigenvalue weighted by molar-refractivity contribution is 9.11. The summed E-state index contributed by atoms with van der Waals surface area (Å²) in [7, 11) is 0. The summed E-state index contributed by atoms with van der Waals surface area (Å²) in [5, 5.41) is 0. The first-order valence-corrected chi connectivity index (χ1v) is 5.31. The van der Waals surface area contributed by atoms with Gasteiger partial charge in [0.25, 0.3) is 0 Å². The van der Waals surface area contributed by atoms with Crippen LogP contribution in [0, 0.1) is 0 Å². The van der Waals surface area contributed by atoms with E-state index in [1.807, 2.05) is 0 Å². The third-order valence-corrected chi connectivity index (χ3v) is 2.79. The minimum atomic E-state index is -0.151. The number of nitrogen functional groups attached to an aromatic ring is 1. The van der Waals surface area contributed by atoms with Crippen LogP contribution in [0.3, 0.4) is 0 Å². The van der Waals surface area contributed by atoms with Crippen molar-refractivity contribution in [1.29, 1.82) is 0 Å². The van der Waals surface area contributed by atoms with Gasteiger partial charge in [0.05, 0.1) is 0 Å². The second kappa shape index (κ2) is 3.36. The van der Waals surface area contributed by atoms with Gasteiger partial charge < -0.3 is 10.7 Å². The number of hydrogen-bond acceptors (Lipinski definition) is 3. The number of imidazole rings is 1. The summed E-state index contributed by atoms with van der Waals surface area (Å²) in [5.41, 5.74) is 6.26. The Morgan fingerprint density at radius 1 is 1.36 bits per heavy atom. The van der Waals surface area contributed by atoms with Crippen LogP contribution < -0.4 is 11.2 Å². The number of aromatic nitrogens is 2. The van der Waals surface area contributed by atoms with Gasteiger partial charge in [0.2, 0.25) is 5.43 Å². The number of halogens is 2. The van der Waals surface area contributed by atoms with Gasteiger partial charge in [-0.25, -0.2) is 4.98 Å². The van der Waals surface area contributed by atoms with E-state index in [-0.39, 0.29) is 11.4 Å². The molecule has 0 bridgehead atoms. The van der Waals surface area contributed by atoms with Crippen molar-refractivity contribution < 1.29 is 0 Å². The van der Waals surface area contributed by atoms with Crippen LogP contribution in [0.25, 0.3) is 11.0 Å². The number of nitrogens with zero attached hydrogens (tertiary/aromatic N) is 1. The molecule has 14 heavy (non-hydrogen) atoms. The van der Waals surface area contributed by atoms with Crippen LogP contribution in [-0.2, 0) is 0 Å². The van der Waals surface area contributed by atoms with E-state index in [1.165, 1.54) is 6.07 Å². The van der Waals surface area contributed by atoms with Crippen molar-refractivity contribution in [2.24, 2.45) is 0 Å². The van der Waals surface area contributed by atoms with Crippen LogP contribution in [-0.4, -0.2) is 9.97 Å². The molecule has 1 heterocycles. The molecule has 0 aliphatic heterocycles. The van der Waals surface area contributed by atoms with Crippen molar-refractivity contribution in [3.63, 3.8) is 0 Å². The molecule has 1 aromatic carbocycles. The molecule has 0 aliphatic rings. The summed E-state index contributed by atoms with van der Waals surface area (Å²) in [5.74, 6) is 0.236. The van der Waals surface area contributed by atoms with E-state index in [9.17, 15) is 4.79 Å². The van der Waals surface area contributed by atoms with Gasteiger partial charge in [0.15, 0.2) is 5.95 Å². The fourth-order valence-corrected chi connectivity index (χ4v) is 2.45. The third kappa shape index (κ3) is 1.55. The molecule has 0 saturated heterocycles. The Balaban J connectivity index is 3.06. The van der Waals surface area contributed by atoms with Gasteiger partial charge in [-0.05, 0) is 22.0 Å². The topological polar surface area (TPSA) is 71.8 Å². The fraction of sp³-hybridized carbons (Fsp3) is 0. The van der Waals surface area contributed by atoms with Crippen LogP contribution in [0.4, 0.5) is 5.95 Å². The van der Waals surface area contributed by atoms with Crippen molar-refractivity contribution in [2.45, 2.75) is 0 Å². The molecule has 3 N–H and O–H groups in total. The van der Waals surface area contributed by atoms with Gasteiger partial charge >= 0.3 is 0 Å². The average Bonchev–Trinajstić information content (AvgIpc) is 2.42. The Kier molecular flexibility index (Phi) is 2.32. The van der Waals surface area contributed by atoms with Gasteiger partial charge in [-0.15, -0.1) is 0 Å². The van der Waals surface area contributed by atoms with E-state index < -0.39 is 0 Å². The fourth-order valence-electron chi connectivity index (χ4n) is 1.17. The molecule has 0 unspecified atom stereocenters. The Morgan fingerprint density at radius 3 is 2.79 bits per heavy atom. The van der Waals surface area contributed by atoms with Crippen molar-refractivity contribution >= 4 is 48.8 Å². The molecule has 6 heteroatoms. The van der Waals surface area contributed by atoms with E-state index in [0.717, 1.165) is 4.47 Å². The predicted molar refractivity (Wildman–Crippen MR) is 62.2 cm³/mol. The van der Waals surface area contributed by atoms with Crippen molar-refractivity contribution in [3.05, 3.63) is 31.3 Å². The van der Waals surface area contributed by atoms with E-state index in [0.29, 0.717) is 15.5 Å². The molecule has 2 rings (SSSR count). The molecule has 4 nitrogen and oxygen atoms in total. The highest BCUT2D eigenvalue weighted by atomic mass is 79.9. The molecule has 0 saturated carbocycles. The molecule has 1 aromatic heterocycles. The number of hydrogen-bond donors (Lipinski definition) is 2. The zero-order chi connectivity index (χ0) is 10.3. The van der Waals surface area contributed by atoms with Crippen LogP contribution >= 0.6 is 31.9 Å². The maximum atomic E-state index is 11.6. The highest BCUT2D eigenvalue weighted by Gasteiger charge is 2.06. The molecule has 2 aromatic rings. The minimum absolute atomic E-state index is 0.151. The maximum absolute atomic E-state index is 11.6. The molecular weight excluding hydrogens is 314 g/mol. The number of fused-ring (bicyclic) bond motifs is 1. The lowest BCUT2D eigenvalue weighted by Crippen LogP contribution is -1.95. The number of rotatable bonds is 0. The molecule has 0 atom stereocenters. The molecular formula is C8H5Br2N3O. The lowest BCUT2D eigenvalue weighted by Gasteiger charge is -1.82. The van der Waals surface area contributed by atoms with E-state index >= 15 is 0 Å². The SMILES string of the molecule is Nc1nc2c(Br)cc(Br)cc(=O)c2[nH]1. The molecule has 0 aliphatic carbocycles. The van der Waals surface area contributed by atoms with E-state index in [2.05, 4.69) is 41.8 Å². The average molecular weight is 319 g/mol. The van der Waals surface area contributed by atoms with Crippen LogP contribution in [0.2, 0.25) is 0 Å². The third-order valence-electron chi connectivity index (χ3n) is 1.73. The number of H-pyrrole nitrogens is 1. The molecule has 0 fully saturated rings. The Hall–Kier alpha value is -0.880. The summed E-state index contributed by atoms with van der Waals surface area (Å²) < 4.78 is 1.41. The number of nitrogens with two attached hydrogens (primary N) is 1. The van der Waals surface area contributed by atoms with Crippen LogP contribution in [0.1, 0.15) is 0 Å². The Morgan fingerprint density at radius 2 is 2.07 bits per heavy atom. The van der Waals surface area contributed by atoms with Crippen molar-refractivity contribution in [1.82, 2.24) is 9.97 Å². The van der Waals surface area contributed by atoms with Gasteiger partial charge in [-0.2, -0.15) is 0 Å². The van der Waals surface area contributed by atoms with Crippen LogP contribution in [0.15, 0.2) is 25.9 Å². The first kappa shape index (κ1) is 9.67. The lowest BCUT2D eigenvalue weighted by molar-refractivity contribution is 1.34. The monoisotopic (exact) mass is 317 g/mol. The van der Waals surface area contributed by atoms with Gasteiger partial charge in [0.1, 0.15) is 11.0 Å². The zero-order valence-corrected chi connectivity index (χ0v) is 10.0. The van der Waals surface area contributed by atoms with E-state index in [4.69, 9.17) is 5.73 Å². The zero-order valence-electron chi connectivity index (χ0n) is 6.84. The largest absolute Gasteiger partial charge is 0.369 e. The first-order chi connectivity index (χ1) is 6.58. The lowest BCUT2D eigenvalue weighted by atomic mass is 10.4. The highest BCUT2D eigenvalue weighted by Crippen LogP contribution is 2.22. The first-order valence-electron chi connectivity index (χ1n) is 3.72. The smallest absolute Gasteiger partial charge is 0.205 e. The van der Waals surface area contributed by atoms with Crippen molar-refractivity contribution in [2.75, 3.05) is 5.73 Å². The maximum Gasteiger partial charge on any atom is 0.205 e. The molecule has 0 radical (unpaired) electrons. The summed E-state index contributed by atoms with van der Waals surface area (Å²) in [4.78, 5) is 18.3. The molecule has 72 valence electrons. The number of nitrogens with one attached hydrogen (secondary N) is 1. The van der Waals surface area contributed by atoms with Crippen LogP contribution in [0.5, 0.6) is 0 Å². The normalized spacial score (nSPS) is 10.7. The van der Waals surface area contributed by atoms with Gasteiger partial charge in [-0.1, -0.05) is 15.9 Å². The number of anilines is 1. The van der Waals surface area contributed by atoms with Gasteiger partial charge in [-0.3, -0.25) is 4.79 Å². The second-order valence-electron chi connectivity index (χ2n) is 2.73. The Labute approximate surface area is 95.8 Å². The summed E-state index contributed by atoms with van der Waals surface area (Å²) in [6, 6.07) is 3.22. The predicted octanol–water partition coefficient (Wildman–Crippen LogP) is 2.03. The number of aromatic amines is 1. The summed E-state index contributed by atoms with van der Waals surface area (Å²) in [6.07, 6.45) is 0. The quantitative estimate of drug-likeness (QED) is 0.780. The van der Waals surface area contributed by atoms with Crippen molar-refractivity contribution in [3.8, 4) is 0 Å². The molecule has 0 spiro atoms. The standard InChI is InChI=1S/C8H5Br2N3O/c9-3-1-4(10)6-7(5(14)2-3)13-8(11)12-6/h1-2H,(H3,11,12,13). The van der Waals surface area contributed by atoms with Gasteiger partial charge in [0, 0.05) is 15.0 Å².